The lowest BCUT2D eigenvalue weighted by Crippen LogP contribution is -2.17. The Morgan fingerprint density at radius 1 is 0.966 bits per heavy atom. The van der Waals surface area contributed by atoms with Gasteiger partial charge < -0.3 is 19.1 Å². The standard InChI is InChI=1S/C21H21N3O5/c1-3-28-20(26)17(18(25)21(27)29-4-2)16-14-22-24(15-10-6-5-7-11-15)19(16)23-12-8-9-13-23/h5-14,25H,3-4H2,1-2H3/b18-17+. The van der Waals surface area contributed by atoms with E-state index in [0.717, 1.165) is 5.69 Å². The highest BCUT2D eigenvalue weighted by atomic mass is 16.5. The van der Waals surface area contributed by atoms with Crippen LogP contribution in [0.1, 0.15) is 19.4 Å². The molecule has 0 bridgehead atoms. The zero-order valence-electron chi connectivity index (χ0n) is 16.1. The molecule has 0 aliphatic heterocycles. The van der Waals surface area contributed by atoms with Crippen molar-refractivity contribution in [3.8, 4) is 11.5 Å². The third-order valence-corrected chi connectivity index (χ3v) is 4.05. The maximum atomic E-state index is 12.7. The molecule has 1 aromatic carbocycles. The maximum Gasteiger partial charge on any atom is 0.374 e. The number of carbonyl (C=O) groups is 2. The van der Waals surface area contributed by atoms with Gasteiger partial charge in [0, 0.05) is 12.4 Å². The third-order valence-electron chi connectivity index (χ3n) is 4.05. The molecule has 0 atom stereocenters. The van der Waals surface area contributed by atoms with Crippen LogP contribution in [-0.4, -0.2) is 44.6 Å². The van der Waals surface area contributed by atoms with E-state index >= 15 is 0 Å². The molecule has 0 aliphatic rings. The molecule has 0 saturated heterocycles. The second-order valence-corrected chi connectivity index (χ2v) is 5.88. The van der Waals surface area contributed by atoms with Gasteiger partial charge in [-0.1, -0.05) is 18.2 Å². The summed E-state index contributed by atoms with van der Waals surface area (Å²) in [5, 5.41) is 14.9. The fraction of sp³-hybridized carbons (Fsp3) is 0.190. The molecule has 1 N–H and O–H groups in total. The average molecular weight is 395 g/mol. The molecule has 0 saturated carbocycles. The van der Waals surface area contributed by atoms with E-state index in [2.05, 4.69) is 5.10 Å². The number of rotatable bonds is 7. The molecule has 150 valence electrons. The van der Waals surface area contributed by atoms with Crippen LogP contribution in [-0.2, 0) is 19.1 Å². The smallest absolute Gasteiger partial charge is 0.374 e. The normalized spacial score (nSPS) is 11.7. The fourth-order valence-electron chi connectivity index (χ4n) is 2.84. The Morgan fingerprint density at radius 2 is 1.59 bits per heavy atom. The number of para-hydroxylation sites is 1. The van der Waals surface area contributed by atoms with Gasteiger partial charge in [-0.3, -0.25) is 0 Å². The molecule has 0 unspecified atom stereocenters. The molecule has 0 aliphatic carbocycles. The summed E-state index contributed by atoms with van der Waals surface area (Å²) in [5.74, 6) is -2.23. The van der Waals surface area contributed by atoms with Crippen molar-refractivity contribution in [1.29, 1.82) is 0 Å². The predicted molar refractivity (Wildman–Crippen MR) is 106 cm³/mol. The predicted octanol–water partition coefficient (Wildman–Crippen LogP) is 3.06. The van der Waals surface area contributed by atoms with Crippen LogP contribution in [0.5, 0.6) is 0 Å². The van der Waals surface area contributed by atoms with Crippen LogP contribution >= 0.6 is 0 Å². The molecule has 29 heavy (non-hydrogen) atoms. The molecule has 8 nitrogen and oxygen atoms in total. The van der Waals surface area contributed by atoms with Crippen LogP contribution in [0, 0.1) is 0 Å². The van der Waals surface area contributed by atoms with E-state index in [1.165, 1.54) is 6.20 Å². The number of nitrogens with zero attached hydrogens (tertiary/aromatic N) is 3. The van der Waals surface area contributed by atoms with Gasteiger partial charge in [0.15, 0.2) is 0 Å². The highest BCUT2D eigenvalue weighted by Crippen LogP contribution is 2.29. The van der Waals surface area contributed by atoms with E-state index in [1.807, 2.05) is 42.5 Å². The van der Waals surface area contributed by atoms with Crippen molar-refractivity contribution in [2.24, 2.45) is 0 Å². The van der Waals surface area contributed by atoms with Gasteiger partial charge in [-0.15, -0.1) is 0 Å². The minimum atomic E-state index is -1.01. The lowest BCUT2D eigenvalue weighted by Gasteiger charge is -2.13. The maximum absolute atomic E-state index is 12.7. The van der Waals surface area contributed by atoms with Crippen LogP contribution in [0.3, 0.4) is 0 Å². The number of aliphatic hydroxyl groups excluding tert-OH is 1. The number of aliphatic hydroxyl groups is 1. The highest BCUT2D eigenvalue weighted by molar-refractivity contribution is 6.22. The molecule has 8 heteroatoms. The quantitative estimate of drug-likeness (QED) is 0.375. The van der Waals surface area contributed by atoms with Gasteiger partial charge in [0.2, 0.25) is 5.76 Å². The molecule has 3 rings (SSSR count). The molecule has 0 amide bonds. The molecular weight excluding hydrogens is 374 g/mol. The number of esters is 2. The molecule has 2 heterocycles. The van der Waals surface area contributed by atoms with Crippen LogP contribution in [0.25, 0.3) is 17.1 Å². The number of carbonyl (C=O) groups excluding carboxylic acids is 2. The van der Waals surface area contributed by atoms with E-state index in [4.69, 9.17) is 9.47 Å². The first kappa shape index (κ1) is 19.9. The number of hydrogen-bond acceptors (Lipinski definition) is 6. The largest absolute Gasteiger partial charge is 0.501 e. The third kappa shape index (κ3) is 4.06. The van der Waals surface area contributed by atoms with Crippen molar-refractivity contribution in [2.45, 2.75) is 13.8 Å². The van der Waals surface area contributed by atoms with Crippen LogP contribution in [0.4, 0.5) is 0 Å². The summed E-state index contributed by atoms with van der Waals surface area (Å²) in [6, 6.07) is 12.9. The average Bonchev–Trinajstić information content (AvgIpc) is 3.39. The van der Waals surface area contributed by atoms with Crippen molar-refractivity contribution in [2.75, 3.05) is 13.2 Å². The number of hydrogen-bond donors (Lipinski definition) is 1. The lowest BCUT2D eigenvalue weighted by molar-refractivity contribution is -0.142. The Labute approximate surface area is 167 Å². The van der Waals surface area contributed by atoms with Crippen LogP contribution in [0.15, 0.2) is 66.8 Å². The number of ether oxygens (including phenoxy) is 2. The SMILES string of the molecule is CCOC(=O)/C(O)=C(\C(=O)OCC)c1cnn(-c2ccccc2)c1-n1cccc1. The summed E-state index contributed by atoms with van der Waals surface area (Å²) in [7, 11) is 0. The second kappa shape index (κ2) is 8.92. The summed E-state index contributed by atoms with van der Waals surface area (Å²) in [5.41, 5.74) is 0.659. The zero-order valence-corrected chi connectivity index (χ0v) is 16.1. The first-order valence-corrected chi connectivity index (χ1v) is 9.13. The molecule has 0 spiro atoms. The second-order valence-electron chi connectivity index (χ2n) is 5.88. The van der Waals surface area contributed by atoms with Gasteiger partial charge >= 0.3 is 11.9 Å². The first-order chi connectivity index (χ1) is 14.1. The van der Waals surface area contributed by atoms with Crippen molar-refractivity contribution < 1.29 is 24.2 Å². The van der Waals surface area contributed by atoms with Crippen molar-refractivity contribution >= 4 is 17.5 Å². The number of aromatic nitrogens is 3. The van der Waals surface area contributed by atoms with Crippen molar-refractivity contribution in [3.63, 3.8) is 0 Å². The number of benzene rings is 1. The Balaban J connectivity index is 2.26. The van der Waals surface area contributed by atoms with Gasteiger partial charge in [0.05, 0.1) is 30.7 Å². The Kier molecular flexibility index (Phi) is 6.13. The summed E-state index contributed by atoms with van der Waals surface area (Å²) >= 11 is 0. The Hall–Kier alpha value is -3.81. The van der Waals surface area contributed by atoms with E-state index in [-0.39, 0.29) is 24.4 Å². The molecule has 2 aromatic heterocycles. The van der Waals surface area contributed by atoms with Gasteiger partial charge in [0.25, 0.3) is 0 Å². The van der Waals surface area contributed by atoms with E-state index in [0.29, 0.717) is 5.82 Å². The van der Waals surface area contributed by atoms with Gasteiger partial charge in [0.1, 0.15) is 11.4 Å². The van der Waals surface area contributed by atoms with Crippen LogP contribution in [0.2, 0.25) is 0 Å². The molecule has 3 aromatic rings. The van der Waals surface area contributed by atoms with E-state index in [1.54, 1.807) is 35.5 Å². The minimum Gasteiger partial charge on any atom is -0.501 e. The van der Waals surface area contributed by atoms with Crippen LogP contribution < -0.4 is 0 Å². The molecule has 0 fully saturated rings. The highest BCUT2D eigenvalue weighted by Gasteiger charge is 2.29. The van der Waals surface area contributed by atoms with Crippen molar-refractivity contribution in [1.82, 2.24) is 14.3 Å². The Bertz CT molecular complexity index is 1020. The van der Waals surface area contributed by atoms with Gasteiger partial charge in [-0.2, -0.15) is 5.10 Å². The summed E-state index contributed by atoms with van der Waals surface area (Å²) in [6.07, 6.45) is 4.94. The van der Waals surface area contributed by atoms with E-state index in [9.17, 15) is 14.7 Å². The van der Waals surface area contributed by atoms with E-state index < -0.39 is 17.7 Å². The Morgan fingerprint density at radius 3 is 2.21 bits per heavy atom. The summed E-state index contributed by atoms with van der Waals surface area (Å²) in [4.78, 5) is 24.8. The summed E-state index contributed by atoms with van der Waals surface area (Å²) in [6.45, 7) is 3.36. The molecular formula is C21H21N3O5. The van der Waals surface area contributed by atoms with Crippen molar-refractivity contribution in [3.05, 3.63) is 72.4 Å². The van der Waals surface area contributed by atoms with Gasteiger partial charge in [-0.05, 0) is 38.1 Å². The molecule has 0 radical (unpaired) electrons. The lowest BCUT2D eigenvalue weighted by atomic mass is 10.1. The summed E-state index contributed by atoms with van der Waals surface area (Å²) < 4.78 is 13.3. The monoisotopic (exact) mass is 395 g/mol. The topological polar surface area (TPSA) is 95.6 Å². The zero-order chi connectivity index (χ0) is 20.8. The van der Waals surface area contributed by atoms with Gasteiger partial charge in [-0.25, -0.2) is 14.3 Å². The fourth-order valence-corrected chi connectivity index (χ4v) is 2.84. The first-order valence-electron chi connectivity index (χ1n) is 9.13. The minimum absolute atomic E-state index is 0.0483.